The van der Waals surface area contributed by atoms with Crippen LogP contribution < -0.4 is 10.9 Å². The summed E-state index contributed by atoms with van der Waals surface area (Å²) >= 11 is 0. The topological polar surface area (TPSA) is 46.9 Å². The van der Waals surface area contributed by atoms with Crippen molar-refractivity contribution < 1.29 is 0 Å². The average molecular weight is 247 g/mol. The van der Waals surface area contributed by atoms with Gasteiger partial charge in [0.1, 0.15) is 0 Å². The standard InChI is InChI=1S/C14H21N3O/c1-2-8-17-9-7-15-13(14(17)18)16-12(10-3-4-10)11-5-6-11/h7,9-12H,2-6,8H2,1H3,(H,15,16). The molecule has 0 bridgehead atoms. The summed E-state index contributed by atoms with van der Waals surface area (Å²) in [5.41, 5.74) is 0.0330. The van der Waals surface area contributed by atoms with Gasteiger partial charge >= 0.3 is 0 Å². The molecular weight excluding hydrogens is 226 g/mol. The number of rotatable bonds is 6. The number of aryl methyl sites for hydroxylation is 1. The maximum Gasteiger partial charge on any atom is 0.293 e. The Morgan fingerprint density at radius 2 is 2.06 bits per heavy atom. The van der Waals surface area contributed by atoms with Crippen molar-refractivity contribution in [3.8, 4) is 0 Å². The molecule has 2 fully saturated rings. The Bertz CT molecular complexity index is 462. The molecule has 0 unspecified atom stereocenters. The third kappa shape index (κ3) is 2.42. The van der Waals surface area contributed by atoms with Gasteiger partial charge in [-0.05, 0) is 43.9 Å². The van der Waals surface area contributed by atoms with Crippen LogP contribution >= 0.6 is 0 Å². The lowest BCUT2D eigenvalue weighted by molar-refractivity contribution is 0.561. The molecule has 18 heavy (non-hydrogen) atoms. The minimum absolute atomic E-state index is 0.0330. The van der Waals surface area contributed by atoms with E-state index < -0.39 is 0 Å². The second kappa shape index (κ2) is 4.75. The molecule has 0 saturated heterocycles. The SMILES string of the molecule is CCCn1ccnc(NC(C2CC2)C2CC2)c1=O. The largest absolute Gasteiger partial charge is 0.362 e. The van der Waals surface area contributed by atoms with E-state index >= 15 is 0 Å². The van der Waals surface area contributed by atoms with E-state index in [1.54, 1.807) is 17.0 Å². The third-order valence-electron chi connectivity index (χ3n) is 3.94. The molecular formula is C14H21N3O. The molecule has 2 aliphatic carbocycles. The lowest BCUT2D eigenvalue weighted by Gasteiger charge is -2.18. The molecule has 0 aliphatic heterocycles. The zero-order valence-corrected chi connectivity index (χ0v) is 10.9. The normalized spacial score (nSPS) is 19.2. The molecule has 1 N–H and O–H groups in total. The fourth-order valence-electron chi connectivity index (χ4n) is 2.65. The van der Waals surface area contributed by atoms with Crippen LogP contribution in [0.5, 0.6) is 0 Å². The van der Waals surface area contributed by atoms with Crippen molar-refractivity contribution >= 4 is 5.82 Å². The van der Waals surface area contributed by atoms with Crippen LogP contribution in [-0.2, 0) is 6.54 Å². The molecule has 2 aliphatic rings. The van der Waals surface area contributed by atoms with Crippen molar-refractivity contribution in [2.75, 3.05) is 5.32 Å². The van der Waals surface area contributed by atoms with Gasteiger partial charge in [0.15, 0.2) is 5.82 Å². The highest BCUT2D eigenvalue weighted by molar-refractivity contribution is 5.34. The Morgan fingerprint density at radius 1 is 1.39 bits per heavy atom. The van der Waals surface area contributed by atoms with Crippen LogP contribution in [0.2, 0.25) is 0 Å². The van der Waals surface area contributed by atoms with Gasteiger partial charge in [0.25, 0.3) is 5.56 Å². The van der Waals surface area contributed by atoms with Gasteiger partial charge in [-0.1, -0.05) is 6.92 Å². The zero-order chi connectivity index (χ0) is 12.5. The molecule has 0 aromatic carbocycles. The fourth-order valence-corrected chi connectivity index (χ4v) is 2.65. The molecule has 1 heterocycles. The Labute approximate surface area is 107 Å². The number of hydrogen-bond acceptors (Lipinski definition) is 3. The summed E-state index contributed by atoms with van der Waals surface area (Å²) in [4.78, 5) is 16.5. The van der Waals surface area contributed by atoms with Crippen molar-refractivity contribution in [2.45, 2.75) is 51.6 Å². The van der Waals surface area contributed by atoms with E-state index in [-0.39, 0.29) is 5.56 Å². The van der Waals surface area contributed by atoms with Crippen molar-refractivity contribution in [3.63, 3.8) is 0 Å². The summed E-state index contributed by atoms with van der Waals surface area (Å²) in [6.07, 6.45) is 9.72. The predicted molar refractivity (Wildman–Crippen MR) is 71.6 cm³/mol. The second-order valence-electron chi connectivity index (χ2n) is 5.62. The van der Waals surface area contributed by atoms with Crippen molar-refractivity contribution in [2.24, 2.45) is 11.8 Å². The fraction of sp³-hybridized carbons (Fsp3) is 0.714. The van der Waals surface area contributed by atoms with Gasteiger partial charge in [0.2, 0.25) is 0 Å². The van der Waals surface area contributed by atoms with E-state index in [0.717, 1.165) is 24.8 Å². The van der Waals surface area contributed by atoms with Gasteiger partial charge in [-0.15, -0.1) is 0 Å². The van der Waals surface area contributed by atoms with E-state index in [4.69, 9.17) is 0 Å². The predicted octanol–water partition coefficient (Wildman–Crippen LogP) is 2.25. The summed E-state index contributed by atoms with van der Waals surface area (Å²) in [6.45, 7) is 2.85. The van der Waals surface area contributed by atoms with Crippen LogP contribution in [0.1, 0.15) is 39.0 Å². The lowest BCUT2D eigenvalue weighted by atomic mass is 10.1. The van der Waals surface area contributed by atoms with Gasteiger partial charge in [0.05, 0.1) is 0 Å². The number of nitrogens with zero attached hydrogens (tertiary/aromatic N) is 2. The van der Waals surface area contributed by atoms with Gasteiger partial charge < -0.3 is 9.88 Å². The molecule has 1 aromatic rings. The third-order valence-corrected chi connectivity index (χ3v) is 3.94. The maximum absolute atomic E-state index is 12.2. The van der Waals surface area contributed by atoms with Crippen molar-refractivity contribution in [1.29, 1.82) is 0 Å². The molecule has 1 aromatic heterocycles. The highest BCUT2D eigenvalue weighted by atomic mass is 16.1. The molecule has 3 rings (SSSR count). The average Bonchev–Trinajstić information content (AvgIpc) is 3.24. The minimum atomic E-state index is 0.0330. The number of aromatic nitrogens is 2. The van der Waals surface area contributed by atoms with E-state index in [9.17, 15) is 4.79 Å². The van der Waals surface area contributed by atoms with Crippen LogP contribution in [0, 0.1) is 11.8 Å². The zero-order valence-electron chi connectivity index (χ0n) is 10.9. The van der Waals surface area contributed by atoms with E-state index in [1.807, 2.05) is 0 Å². The first kappa shape index (κ1) is 11.8. The Morgan fingerprint density at radius 3 is 2.61 bits per heavy atom. The van der Waals surface area contributed by atoms with Gasteiger partial charge in [-0.25, -0.2) is 4.98 Å². The molecule has 0 spiro atoms. The summed E-state index contributed by atoms with van der Waals surface area (Å²) in [5.74, 6) is 2.10. The molecule has 0 amide bonds. The number of anilines is 1. The monoisotopic (exact) mass is 247 g/mol. The summed E-state index contributed by atoms with van der Waals surface area (Å²) < 4.78 is 1.76. The van der Waals surface area contributed by atoms with Crippen molar-refractivity contribution in [1.82, 2.24) is 9.55 Å². The van der Waals surface area contributed by atoms with E-state index in [2.05, 4.69) is 17.2 Å². The first-order valence-electron chi connectivity index (χ1n) is 7.11. The maximum atomic E-state index is 12.2. The van der Waals surface area contributed by atoms with Crippen LogP contribution in [0.4, 0.5) is 5.82 Å². The Balaban J connectivity index is 1.78. The highest BCUT2D eigenvalue weighted by Crippen LogP contribution is 2.45. The highest BCUT2D eigenvalue weighted by Gasteiger charge is 2.41. The second-order valence-corrected chi connectivity index (χ2v) is 5.62. The smallest absolute Gasteiger partial charge is 0.293 e. The lowest BCUT2D eigenvalue weighted by Crippen LogP contribution is -2.31. The summed E-state index contributed by atoms with van der Waals surface area (Å²) in [6, 6.07) is 0.489. The molecule has 2 saturated carbocycles. The van der Waals surface area contributed by atoms with Gasteiger partial charge in [0, 0.05) is 25.0 Å². The van der Waals surface area contributed by atoms with Gasteiger partial charge in [-0.3, -0.25) is 4.79 Å². The van der Waals surface area contributed by atoms with Crippen LogP contribution in [0.25, 0.3) is 0 Å². The van der Waals surface area contributed by atoms with E-state index in [0.29, 0.717) is 11.9 Å². The number of nitrogens with one attached hydrogen (secondary N) is 1. The van der Waals surface area contributed by atoms with Gasteiger partial charge in [-0.2, -0.15) is 0 Å². The quantitative estimate of drug-likeness (QED) is 0.838. The molecule has 0 atom stereocenters. The molecule has 4 heteroatoms. The van der Waals surface area contributed by atoms with Crippen LogP contribution in [0.15, 0.2) is 17.2 Å². The molecule has 98 valence electrons. The number of hydrogen-bond donors (Lipinski definition) is 1. The first-order valence-corrected chi connectivity index (χ1v) is 7.11. The molecule has 0 radical (unpaired) electrons. The van der Waals surface area contributed by atoms with Crippen molar-refractivity contribution in [3.05, 3.63) is 22.7 Å². The van der Waals surface area contributed by atoms with Crippen LogP contribution in [-0.4, -0.2) is 15.6 Å². The Kier molecular flexibility index (Phi) is 3.10. The first-order chi connectivity index (χ1) is 8.79. The van der Waals surface area contributed by atoms with Crippen LogP contribution in [0.3, 0.4) is 0 Å². The Hall–Kier alpha value is -1.32. The summed E-state index contributed by atoms with van der Waals surface area (Å²) in [5, 5.41) is 3.43. The van der Waals surface area contributed by atoms with E-state index in [1.165, 1.54) is 25.7 Å². The minimum Gasteiger partial charge on any atom is -0.362 e. The summed E-state index contributed by atoms with van der Waals surface area (Å²) in [7, 11) is 0. The molecule has 4 nitrogen and oxygen atoms in total.